The van der Waals surface area contributed by atoms with Crippen LogP contribution in [0.5, 0.6) is 0 Å². The Morgan fingerprint density at radius 1 is 1.29 bits per heavy atom. The molecule has 1 atom stereocenters. The third-order valence-electron chi connectivity index (χ3n) is 2.34. The summed E-state index contributed by atoms with van der Waals surface area (Å²) in [4.78, 5) is 19.1. The average molecular weight is 246 g/mol. The van der Waals surface area contributed by atoms with Gasteiger partial charge in [0, 0.05) is 0 Å². The molecule has 1 unspecified atom stereocenters. The van der Waals surface area contributed by atoms with Gasteiger partial charge in [-0.3, -0.25) is 9.80 Å². The SMILES string of the molecule is CC1=NC(=O)C2C(=N1)C(C)=NN2CC(F)(F)F. The van der Waals surface area contributed by atoms with E-state index < -0.39 is 24.7 Å². The van der Waals surface area contributed by atoms with Crippen molar-refractivity contribution in [2.24, 2.45) is 15.1 Å². The molecule has 92 valence electrons. The molecule has 17 heavy (non-hydrogen) atoms. The van der Waals surface area contributed by atoms with Gasteiger partial charge in [-0.15, -0.1) is 0 Å². The summed E-state index contributed by atoms with van der Waals surface area (Å²) in [5, 5.41) is 4.40. The van der Waals surface area contributed by atoms with Gasteiger partial charge in [0.15, 0.2) is 6.04 Å². The Labute approximate surface area is 94.7 Å². The lowest BCUT2D eigenvalue weighted by Gasteiger charge is -2.23. The quantitative estimate of drug-likeness (QED) is 0.693. The Hall–Kier alpha value is -1.73. The number of hydrogen-bond donors (Lipinski definition) is 0. The van der Waals surface area contributed by atoms with E-state index in [-0.39, 0.29) is 11.5 Å². The molecule has 0 spiro atoms. The summed E-state index contributed by atoms with van der Waals surface area (Å²) in [7, 11) is 0. The number of aliphatic imine (C=N–C) groups is 2. The van der Waals surface area contributed by atoms with Gasteiger partial charge in [-0.25, -0.2) is 4.99 Å². The maximum Gasteiger partial charge on any atom is 0.407 e. The van der Waals surface area contributed by atoms with Gasteiger partial charge in [-0.05, 0) is 13.8 Å². The van der Waals surface area contributed by atoms with E-state index in [1.807, 2.05) is 0 Å². The van der Waals surface area contributed by atoms with E-state index in [0.717, 1.165) is 0 Å². The highest BCUT2D eigenvalue weighted by atomic mass is 19.4. The predicted molar refractivity (Wildman–Crippen MR) is 55.2 cm³/mol. The van der Waals surface area contributed by atoms with Crippen LogP contribution in [0.4, 0.5) is 13.2 Å². The Balaban J connectivity index is 2.31. The Morgan fingerprint density at radius 3 is 2.53 bits per heavy atom. The molecule has 2 heterocycles. The molecule has 0 aliphatic carbocycles. The first-order chi connectivity index (χ1) is 7.78. The monoisotopic (exact) mass is 246 g/mol. The minimum atomic E-state index is -4.42. The lowest BCUT2D eigenvalue weighted by molar-refractivity contribution is -0.150. The van der Waals surface area contributed by atoms with Crippen molar-refractivity contribution in [1.82, 2.24) is 5.01 Å². The predicted octanol–water partition coefficient (Wildman–Crippen LogP) is 1.01. The van der Waals surface area contributed by atoms with E-state index in [0.29, 0.717) is 10.7 Å². The first kappa shape index (κ1) is 11.7. The van der Waals surface area contributed by atoms with Crippen LogP contribution in [0.2, 0.25) is 0 Å². The van der Waals surface area contributed by atoms with Crippen molar-refractivity contribution in [1.29, 1.82) is 0 Å². The number of amides is 1. The normalized spacial score (nSPS) is 24.3. The number of nitrogens with zero attached hydrogens (tertiary/aromatic N) is 4. The molecule has 8 heteroatoms. The molecule has 0 radical (unpaired) electrons. The average Bonchev–Trinajstić information content (AvgIpc) is 2.39. The first-order valence-electron chi connectivity index (χ1n) is 4.84. The number of carbonyl (C=O) groups excluding carboxylic acids is 1. The maximum atomic E-state index is 12.3. The van der Waals surface area contributed by atoms with E-state index in [1.165, 1.54) is 13.8 Å². The lowest BCUT2D eigenvalue weighted by atomic mass is 10.1. The standard InChI is InChI=1S/C9H9F3N4O/c1-4-6-7(8(17)14-5(2)13-6)16(15-4)3-9(10,11)12/h7H,3H2,1-2H3. The summed E-state index contributed by atoms with van der Waals surface area (Å²) in [5.41, 5.74) is 0.577. The maximum absolute atomic E-state index is 12.3. The van der Waals surface area contributed by atoms with Gasteiger partial charge >= 0.3 is 6.18 Å². The molecule has 0 fully saturated rings. The van der Waals surface area contributed by atoms with Crippen LogP contribution >= 0.6 is 0 Å². The number of rotatable bonds is 1. The second kappa shape index (κ2) is 3.64. The minimum Gasteiger partial charge on any atom is -0.270 e. The molecule has 0 saturated heterocycles. The molecule has 2 rings (SSSR count). The van der Waals surface area contributed by atoms with Crippen LogP contribution in [0.25, 0.3) is 0 Å². The molecule has 0 aromatic carbocycles. The van der Waals surface area contributed by atoms with E-state index in [9.17, 15) is 18.0 Å². The van der Waals surface area contributed by atoms with Gasteiger partial charge in [0.25, 0.3) is 5.91 Å². The Kier molecular flexibility index (Phi) is 2.52. The molecule has 0 N–H and O–H groups in total. The van der Waals surface area contributed by atoms with Crippen LogP contribution < -0.4 is 0 Å². The molecular formula is C9H9F3N4O. The number of hydrazone groups is 1. The number of carbonyl (C=O) groups is 1. The molecular weight excluding hydrogens is 237 g/mol. The van der Waals surface area contributed by atoms with Crippen molar-refractivity contribution in [2.45, 2.75) is 26.1 Å². The van der Waals surface area contributed by atoms with Crippen molar-refractivity contribution < 1.29 is 18.0 Å². The topological polar surface area (TPSA) is 57.4 Å². The van der Waals surface area contributed by atoms with Crippen LogP contribution in [0, 0.1) is 0 Å². The van der Waals surface area contributed by atoms with Crippen LogP contribution in [-0.4, -0.2) is 46.9 Å². The van der Waals surface area contributed by atoms with Crippen molar-refractivity contribution in [3.8, 4) is 0 Å². The third kappa shape index (κ3) is 2.20. The van der Waals surface area contributed by atoms with Crippen molar-refractivity contribution >= 4 is 23.2 Å². The van der Waals surface area contributed by atoms with Gasteiger partial charge in [0.05, 0.1) is 11.4 Å². The van der Waals surface area contributed by atoms with E-state index in [2.05, 4.69) is 15.1 Å². The van der Waals surface area contributed by atoms with Gasteiger partial charge in [0.1, 0.15) is 12.4 Å². The summed E-state index contributed by atoms with van der Waals surface area (Å²) in [5.74, 6) is -0.415. The Morgan fingerprint density at radius 2 is 1.94 bits per heavy atom. The summed E-state index contributed by atoms with van der Waals surface area (Å²) in [6.45, 7) is 1.75. The fraction of sp³-hybridized carbons (Fsp3) is 0.556. The summed E-state index contributed by atoms with van der Waals surface area (Å²) in [6, 6.07) is -1.12. The molecule has 2 aliphatic heterocycles. The summed E-state index contributed by atoms with van der Waals surface area (Å²) in [6.07, 6.45) is -4.42. The fourth-order valence-electron chi connectivity index (χ4n) is 1.76. The largest absolute Gasteiger partial charge is 0.407 e. The number of halogens is 3. The van der Waals surface area contributed by atoms with Gasteiger partial charge < -0.3 is 0 Å². The zero-order chi connectivity index (χ0) is 12.8. The Bertz CT molecular complexity index is 463. The van der Waals surface area contributed by atoms with Gasteiger partial charge in [-0.2, -0.15) is 23.3 Å². The van der Waals surface area contributed by atoms with E-state index in [1.54, 1.807) is 0 Å². The molecule has 0 aromatic heterocycles. The highest BCUT2D eigenvalue weighted by Gasteiger charge is 2.44. The molecule has 0 aromatic rings. The molecule has 0 saturated carbocycles. The molecule has 0 bridgehead atoms. The smallest absolute Gasteiger partial charge is 0.270 e. The van der Waals surface area contributed by atoms with Gasteiger partial charge in [0.2, 0.25) is 0 Å². The number of amidine groups is 1. The second-order valence-corrected chi connectivity index (χ2v) is 3.80. The highest BCUT2D eigenvalue weighted by molar-refractivity contribution is 6.50. The van der Waals surface area contributed by atoms with Crippen LogP contribution in [0.3, 0.4) is 0 Å². The highest BCUT2D eigenvalue weighted by Crippen LogP contribution is 2.24. The fourth-order valence-corrected chi connectivity index (χ4v) is 1.76. The summed E-state index contributed by atoms with van der Waals surface area (Å²) >= 11 is 0. The van der Waals surface area contributed by atoms with Crippen molar-refractivity contribution in [3.05, 3.63) is 0 Å². The van der Waals surface area contributed by atoms with Crippen LogP contribution in [0.1, 0.15) is 13.8 Å². The van der Waals surface area contributed by atoms with Crippen molar-refractivity contribution in [3.63, 3.8) is 0 Å². The molecule has 5 nitrogen and oxygen atoms in total. The lowest BCUT2D eigenvalue weighted by Crippen LogP contribution is -2.45. The van der Waals surface area contributed by atoms with Crippen molar-refractivity contribution in [2.75, 3.05) is 6.54 Å². The third-order valence-corrected chi connectivity index (χ3v) is 2.34. The van der Waals surface area contributed by atoms with E-state index in [4.69, 9.17) is 0 Å². The summed E-state index contributed by atoms with van der Waals surface area (Å²) < 4.78 is 36.9. The molecule has 1 amide bonds. The van der Waals surface area contributed by atoms with Gasteiger partial charge in [-0.1, -0.05) is 0 Å². The van der Waals surface area contributed by atoms with Crippen LogP contribution in [0.15, 0.2) is 15.1 Å². The number of hydrogen-bond acceptors (Lipinski definition) is 4. The first-order valence-corrected chi connectivity index (χ1v) is 4.84. The zero-order valence-corrected chi connectivity index (χ0v) is 9.12. The molecule has 2 aliphatic rings. The number of alkyl halides is 3. The zero-order valence-electron chi connectivity index (χ0n) is 9.12. The minimum absolute atomic E-state index is 0.240. The second-order valence-electron chi connectivity index (χ2n) is 3.80. The number of fused-ring (bicyclic) bond motifs is 1. The van der Waals surface area contributed by atoms with Crippen LogP contribution in [-0.2, 0) is 4.79 Å². The van der Waals surface area contributed by atoms with E-state index >= 15 is 0 Å².